The van der Waals surface area contributed by atoms with Gasteiger partial charge in [-0.2, -0.15) is 0 Å². The van der Waals surface area contributed by atoms with Crippen LogP contribution in [-0.2, 0) is 53.9 Å². The maximum atomic E-state index is 13.1. The molecule has 0 N–H and O–H groups in total. The van der Waals surface area contributed by atoms with E-state index in [9.17, 15) is 9.59 Å². The second-order valence-corrected chi connectivity index (χ2v) is 18.0. The lowest BCUT2D eigenvalue weighted by Gasteiger charge is -2.36. The summed E-state index contributed by atoms with van der Waals surface area (Å²) in [5.41, 5.74) is -0.962. The molecule has 4 fully saturated rings. The van der Waals surface area contributed by atoms with E-state index in [1.807, 2.05) is 78.8 Å². The number of hydrogen-bond donors (Lipinski definition) is 0. The summed E-state index contributed by atoms with van der Waals surface area (Å²) in [6.07, 6.45) is 16.2. The summed E-state index contributed by atoms with van der Waals surface area (Å²) in [5.74, 6) is 0.236. The van der Waals surface area contributed by atoms with Crippen LogP contribution >= 0.6 is 0 Å². The SMILES string of the molecule is CC(C)(C)OC(=O)C(C)(Cc1ccccc1)OC[C@@H]1CCC[C@H](OC2CCCCO2)C1.CC(C)(C)OC(=O)COC[C@@H]1CCC[C@H](OC2CCCCO2)C1. The van der Waals surface area contributed by atoms with Crippen LogP contribution in [0, 0.1) is 11.8 Å². The van der Waals surface area contributed by atoms with Crippen molar-refractivity contribution < 1.29 is 47.5 Å². The van der Waals surface area contributed by atoms with Gasteiger partial charge in [-0.3, -0.25) is 0 Å². The lowest BCUT2D eigenvalue weighted by Crippen LogP contribution is -2.46. The van der Waals surface area contributed by atoms with Crippen LogP contribution in [0.25, 0.3) is 0 Å². The van der Waals surface area contributed by atoms with Gasteiger partial charge in [0, 0.05) is 19.6 Å². The van der Waals surface area contributed by atoms with Crippen molar-refractivity contribution >= 4 is 11.9 Å². The van der Waals surface area contributed by atoms with E-state index in [2.05, 4.69) is 0 Å². The Morgan fingerprint density at radius 1 is 0.648 bits per heavy atom. The summed E-state index contributed by atoms with van der Waals surface area (Å²) in [5, 5.41) is 0. The Morgan fingerprint density at radius 3 is 1.69 bits per heavy atom. The van der Waals surface area contributed by atoms with Gasteiger partial charge in [-0.05, 0) is 143 Å². The number of hydrogen-bond acceptors (Lipinski definition) is 10. The van der Waals surface area contributed by atoms with Crippen LogP contribution in [0.3, 0.4) is 0 Å². The third kappa shape index (κ3) is 17.4. The first kappa shape index (κ1) is 44.6. The van der Waals surface area contributed by atoms with Crippen molar-refractivity contribution in [3.8, 4) is 0 Å². The van der Waals surface area contributed by atoms with Gasteiger partial charge in [-0.1, -0.05) is 43.2 Å². The van der Waals surface area contributed by atoms with E-state index in [1.165, 1.54) is 12.8 Å². The Hall–Kier alpha value is -2.08. The van der Waals surface area contributed by atoms with Gasteiger partial charge in [0.2, 0.25) is 0 Å². The first-order valence-electron chi connectivity index (χ1n) is 20.9. The number of esters is 2. The molecular weight excluding hydrogens is 688 g/mol. The van der Waals surface area contributed by atoms with Crippen molar-refractivity contribution in [1.82, 2.24) is 0 Å². The van der Waals surface area contributed by atoms with E-state index in [0.29, 0.717) is 31.5 Å². The Morgan fingerprint density at radius 2 is 1.19 bits per heavy atom. The van der Waals surface area contributed by atoms with Gasteiger partial charge in [-0.25, -0.2) is 9.59 Å². The molecule has 0 spiro atoms. The summed E-state index contributed by atoms with van der Waals surface area (Å²) >= 11 is 0. The predicted octanol–water partition coefficient (Wildman–Crippen LogP) is 8.89. The maximum absolute atomic E-state index is 13.1. The van der Waals surface area contributed by atoms with E-state index in [0.717, 1.165) is 95.8 Å². The average molecular weight is 761 g/mol. The van der Waals surface area contributed by atoms with Crippen LogP contribution in [0.2, 0.25) is 0 Å². The number of ether oxygens (including phenoxy) is 8. The molecule has 0 amide bonds. The van der Waals surface area contributed by atoms with Gasteiger partial charge in [0.15, 0.2) is 18.2 Å². The molecule has 10 nitrogen and oxygen atoms in total. The molecule has 2 aliphatic heterocycles. The smallest absolute Gasteiger partial charge is 0.338 e. The molecule has 1 aromatic rings. The highest BCUT2D eigenvalue weighted by atomic mass is 16.7. The normalized spacial score (nSPS) is 27.8. The van der Waals surface area contributed by atoms with Crippen LogP contribution in [0.1, 0.15) is 144 Å². The first-order valence-corrected chi connectivity index (χ1v) is 20.9. The number of benzene rings is 1. The highest BCUT2D eigenvalue weighted by Gasteiger charge is 2.40. The molecule has 0 aromatic heterocycles. The van der Waals surface area contributed by atoms with Gasteiger partial charge >= 0.3 is 11.9 Å². The predicted molar refractivity (Wildman–Crippen MR) is 208 cm³/mol. The number of rotatable bonds is 14. The van der Waals surface area contributed by atoms with Gasteiger partial charge in [0.25, 0.3) is 0 Å². The van der Waals surface area contributed by atoms with Gasteiger partial charge < -0.3 is 37.9 Å². The Labute approximate surface area is 326 Å². The molecule has 2 aliphatic carbocycles. The van der Waals surface area contributed by atoms with Crippen LogP contribution in [0.4, 0.5) is 0 Å². The molecule has 2 saturated carbocycles. The minimum absolute atomic E-state index is 0.0184. The zero-order chi connectivity index (χ0) is 39.0. The number of carbonyl (C=O) groups is 2. The first-order chi connectivity index (χ1) is 25.7. The van der Waals surface area contributed by atoms with Crippen LogP contribution in [-0.4, -0.2) is 86.6 Å². The Balaban J connectivity index is 0.000000252. The van der Waals surface area contributed by atoms with Crippen LogP contribution < -0.4 is 0 Å². The summed E-state index contributed by atoms with van der Waals surface area (Å²) in [6.45, 7) is 15.9. The van der Waals surface area contributed by atoms with E-state index >= 15 is 0 Å². The molecule has 2 heterocycles. The third-order valence-corrected chi connectivity index (χ3v) is 10.3. The molecule has 0 bridgehead atoms. The fourth-order valence-electron chi connectivity index (χ4n) is 7.63. The Bertz CT molecular complexity index is 1210. The standard InChI is InChI=1S/C26H40O5.C18H32O5/c1-25(2,3)31-24(27)26(4,18-20-11-6-5-7-12-20)29-19-21-13-10-14-22(17-21)30-23-15-8-9-16-28-23;1-18(2,3)23-16(19)13-20-12-14-7-6-8-15(11-14)22-17-9-4-5-10-21-17/h5-7,11-12,21-23H,8-10,13-19H2,1-4H3;14-15,17H,4-13H2,1-3H3/t21-,22+,23?,26?;14-,15+,17?/m11/s1. The second kappa shape index (κ2) is 22.0. The lowest BCUT2D eigenvalue weighted by molar-refractivity contribution is -0.200. The third-order valence-electron chi connectivity index (χ3n) is 10.3. The number of carbonyl (C=O) groups excluding carboxylic acids is 2. The molecule has 5 rings (SSSR count). The zero-order valence-corrected chi connectivity index (χ0v) is 34.6. The molecule has 10 heteroatoms. The Kier molecular flexibility index (Phi) is 18.2. The van der Waals surface area contributed by atoms with E-state index in [1.54, 1.807) is 0 Å². The minimum Gasteiger partial charge on any atom is -0.458 e. The zero-order valence-electron chi connectivity index (χ0n) is 34.6. The summed E-state index contributed by atoms with van der Waals surface area (Å²) < 4.78 is 46.6. The topological polar surface area (TPSA) is 108 Å². The van der Waals surface area contributed by atoms with Crippen molar-refractivity contribution in [2.24, 2.45) is 11.8 Å². The fourth-order valence-corrected chi connectivity index (χ4v) is 7.63. The van der Waals surface area contributed by atoms with Gasteiger partial charge in [-0.15, -0.1) is 0 Å². The molecule has 1 aromatic carbocycles. The van der Waals surface area contributed by atoms with E-state index in [-0.39, 0.29) is 43.3 Å². The van der Waals surface area contributed by atoms with Crippen molar-refractivity contribution in [1.29, 1.82) is 0 Å². The fraction of sp³-hybridized carbons (Fsp3) is 0.818. The molecule has 308 valence electrons. The summed E-state index contributed by atoms with van der Waals surface area (Å²) in [4.78, 5) is 24.7. The molecule has 0 radical (unpaired) electrons. The van der Waals surface area contributed by atoms with Crippen LogP contribution in [0.5, 0.6) is 0 Å². The van der Waals surface area contributed by atoms with Crippen molar-refractivity contribution in [3.05, 3.63) is 35.9 Å². The van der Waals surface area contributed by atoms with Crippen molar-refractivity contribution in [2.75, 3.05) is 33.0 Å². The highest BCUT2D eigenvalue weighted by Crippen LogP contribution is 2.32. The summed E-state index contributed by atoms with van der Waals surface area (Å²) in [7, 11) is 0. The van der Waals surface area contributed by atoms with E-state index < -0.39 is 16.8 Å². The second-order valence-electron chi connectivity index (χ2n) is 18.0. The molecule has 7 atom stereocenters. The molecule has 4 aliphatic rings. The van der Waals surface area contributed by atoms with E-state index in [4.69, 9.17) is 37.9 Å². The highest BCUT2D eigenvalue weighted by molar-refractivity contribution is 5.80. The minimum atomic E-state index is -1.02. The quantitative estimate of drug-likeness (QED) is 0.171. The largest absolute Gasteiger partial charge is 0.458 e. The van der Waals surface area contributed by atoms with Crippen molar-refractivity contribution in [3.63, 3.8) is 0 Å². The summed E-state index contributed by atoms with van der Waals surface area (Å²) in [6, 6.07) is 10.0. The molecule has 54 heavy (non-hydrogen) atoms. The molecular formula is C44H72O10. The molecule has 2 saturated heterocycles. The molecule has 3 unspecified atom stereocenters. The van der Waals surface area contributed by atoms with Crippen LogP contribution in [0.15, 0.2) is 30.3 Å². The monoisotopic (exact) mass is 761 g/mol. The maximum Gasteiger partial charge on any atom is 0.338 e. The van der Waals surface area contributed by atoms with Crippen molar-refractivity contribution in [2.45, 2.75) is 186 Å². The van der Waals surface area contributed by atoms with Gasteiger partial charge in [0.1, 0.15) is 17.8 Å². The average Bonchev–Trinajstić information content (AvgIpc) is 3.11. The lowest BCUT2D eigenvalue weighted by atomic mass is 9.87. The van der Waals surface area contributed by atoms with Gasteiger partial charge in [0.05, 0.1) is 25.4 Å².